The maximum atomic E-state index is 8.88. The zero-order valence-corrected chi connectivity index (χ0v) is 85.4. The minimum atomic E-state index is -0.552. The minimum absolute atomic E-state index is 0. The molecule has 0 saturated heterocycles. The predicted molar refractivity (Wildman–Crippen MR) is 625 cm³/mol. The second-order valence-electron chi connectivity index (χ2n) is 43.7. The highest BCUT2D eigenvalue weighted by atomic mass is 15.0. The molecule has 4 aromatic heterocycles. The van der Waals surface area contributed by atoms with E-state index in [1.165, 1.54) is 122 Å². The van der Waals surface area contributed by atoms with Gasteiger partial charge in [-0.3, -0.25) is 0 Å². The molecule has 0 N–H and O–H groups in total. The molecule has 0 fully saturated rings. The highest BCUT2D eigenvalue weighted by molar-refractivity contribution is 6.18. The Kier molecular flexibility index (Phi) is 21.9. The topological polar surface area (TPSA) is 19.7 Å². The van der Waals surface area contributed by atoms with Gasteiger partial charge in [0.15, 0.2) is 0 Å². The Balaban J connectivity index is 0.000000131. The number of hydrogen-bond donors (Lipinski definition) is 0. The smallest absolute Gasteiger partial charge is 0.0629 e. The molecule has 0 spiro atoms. The van der Waals surface area contributed by atoms with Gasteiger partial charge in [0.2, 0.25) is 0 Å². The fourth-order valence-electron chi connectivity index (χ4n) is 21.3. The Hall–Kier alpha value is -15.6. The molecule has 0 unspecified atom stereocenters. The number of hydrogen-bond acceptors (Lipinski definition) is 0. The second kappa shape index (κ2) is 39.0. The van der Waals surface area contributed by atoms with Gasteiger partial charge in [-0.2, -0.15) is 0 Å². The third-order valence-corrected chi connectivity index (χ3v) is 27.6. The monoisotopic (exact) mass is 1890 g/mol. The molecule has 0 aliphatic carbocycles. The Morgan fingerprint density at radius 3 is 0.750 bits per heavy atom. The van der Waals surface area contributed by atoms with Crippen LogP contribution in [0.1, 0.15) is 190 Å². The van der Waals surface area contributed by atoms with Gasteiger partial charge < -0.3 is 18.3 Å². The van der Waals surface area contributed by atoms with Crippen LogP contribution in [0.4, 0.5) is 0 Å². The van der Waals surface area contributed by atoms with Gasteiger partial charge >= 0.3 is 0 Å². The van der Waals surface area contributed by atoms with E-state index in [4.69, 9.17) is 19.2 Å². The van der Waals surface area contributed by atoms with E-state index in [0.717, 1.165) is 60.6 Å². The van der Waals surface area contributed by atoms with Gasteiger partial charge in [-0.15, -0.1) is 0 Å². The van der Waals surface area contributed by atoms with E-state index in [-0.39, 0.29) is 123 Å². The first-order valence-corrected chi connectivity index (χ1v) is 49.7. The second-order valence-corrected chi connectivity index (χ2v) is 43.7. The highest BCUT2D eigenvalue weighted by Gasteiger charge is 2.34. The van der Waals surface area contributed by atoms with Gasteiger partial charge in [-0.25, -0.2) is 0 Å². The summed E-state index contributed by atoms with van der Waals surface area (Å²) in [4.78, 5) is 0. The summed E-state index contributed by atoms with van der Waals surface area (Å²) >= 11 is 0. The number of nitrogens with zero attached hydrogens (tertiary/aromatic N) is 4. The van der Waals surface area contributed by atoms with Crippen LogP contribution in [0.5, 0.6) is 0 Å². The Morgan fingerprint density at radius 2 is 0.431 bits per heavy atom. The summed E-state index contributed by atoms with van der Waals surface area (Å²) in [5.41, 5.74) is 31.9. The number of benzene rings is 19. The van der Waals surface area contributed by atoms with Crippen molar-refractivity contribution in [3.63, 3.8) is 0 Å². The van der Waals surface area contributed by atoms with Crippen molar-refractivity contribution >= 4 is 87.2 Å². The molecule has 0 amide bonds. The summed E-state index contributed by atoms with van der Waals surface area (Å²) in [6.45, 7) is 42.2. The fourth-order valence-corrected chi connectivity index (χ4v) is 21.3. The first-order valence-electron chi connectivity index (χ1n) is 56.7. The van der Waals surface area contributed by atoms with E-state index in [9.17, 15) is 0 Å². The predicted octanol–water partition coefficient (Wildman–Crippen LogP) is 39.5. The molecule has 0 bridgehead atoms. The van der Waals surface area contributed by atoms with E-state index >= 15 is 0 Å². The SMILES string of the molecule is C.CC(C)(C)c1c(-c2ccccc2)cccc1-n1c2ccccc2c2cccc(-c3ccccc3)c21.CC(C)(C)c1cc(-c2cccc(-n3c4ccccc4c4cccc(-c5ccccc5)c43)c2C(C)(C)C)cc(C(C)(C)C)c1.[2H]c1c([2H])c([2H])c(-c2cccc3c4ccccc4n(-c4cccc(-c5c([2H])c([2H])c(C)c([2H])c5[2H])c4C(C)(C)C)c23)c([2H])c1[2H].[2H]c1c([2H])c([2H])c(-c2cccc3c4ccccc4n(-c4ccccc4C(C)(C)C)c23)c([2H])c1[2H]. The Labute approximate surface area is 873 Å². The first kappa shape index (κ1) is 81.0. The van der Waals surface area contributed by atoms with Gasteiger partial charge in [-0.05, 0) is 177 Å². The third-order valence-electron chi connectivity index (χ3n) is 27.6. The molecule has 0 aliphatic heterocycles. The van der Waals surface area contributed by atoms with Crippen LogP contribution in [-0.4, -0.2) is 18.3 Å². The molecule has 4 heteroatoms. The van der Waals surface area contributed by atoms with E-state index in [1.54, 1.807) is 13.0 Å². The zero-order valence-electron chi connectivity index (χ0n) is 99.4. The van der Waals surface area contributed by atoms with Crippen LogP contribution >= 0.6 is 0 Å². The molecule has 23 aromatic rings. The van der Waals surface area contributed by atoms with E-state index in [2.05, 4.69) is 372 Å². The third kappa shape index (κ3) is 18.5. The lowest BCUT2D eigenvalue weighted by molar-refractivity contribution is 0.568. The van der Waals surface area contributed by atoms with Crippen molar-refractivity contribution in [3.8, 4) is 101 Å². The largest absolute Gasteiger partial charge is 0.308 e. The maximum absolute atomic E-state index is 8.88. The first-order chi connectivity index (χ1) is 74.6. The average molecular weight is 1890 g/mol. The minimum Gasteiger partial charge on any atom is -0.308 e. The number of para-hydroxylation sites is 9. The van der Waals surface area contributed by atoms with Crippen LogP contribution in [0, 0.1) is 6.92 Å². The van der Waals surface area contributed by atoms with Crippen LogP contribution in [0.2, 0.25) is 0 Å². The number of fused-ring (bicyclic) bond motifs is 12. The summed E-state index contributed by atoms with van der Waals surface area (Å²) in [6, 6.07) is 122. The van der Waals surface area contributed by atoms with E-state index < -0.39 is 23.5 Å². The number of rotatable bonds is 11. The molecule has 0 radical (unpaired) electrons. The molecular weight excluding hydrogens is 1740 g/mol. The standard InChI is InChI=1S/C42H45N.C35H31N.C34H29N.C28H25N.CH4/c1-40(2,3)30-25-29(26-31(27-30)41(4,5)6)32-20-16-24-37(38(32)42(7,8)9)43-36-23-14-13-19-34(36)35-22-15-21-33(39(35)43)28-17-11-10-12-18-28;1-24-20-22-26(23-21-24)27-15-11-19-32(33(27)35(2,3)4)36-31-18-9-8-14-29(31)30-17-10-16-28(34(30)36)25-12-6-5-7-13-25;1-34(2,3)32-26(24-14-6-4-7-15-24)19-13-23-31(32)35-30-22-11-10-18-28(30)29-21-12-20-27(33(29)35)25-16-8-5-9-17-25;1-28(2,3)24-17-8-10-19-26(24)29-25-18-9-7-14-22(25)23-16-11-15-21(27(23)29)20-12-5-4-6-13-20;/h10-27H,1-9H3;5-23H,1-4H3;4-23H,1-3H3;4-19H,1-3H3;1H4/i;5D,6D,7D,12D,13D,20D,21D,22D,23D;;4D,5D,6D,12D,13D;. The van der Waals surface area contributed by atoms with Crippen LogP contribution < -0.4 is 0 Å². The molecule has 0 saturated carbocycles. The lowest BCUT2D eigenvalue weighted by Crippen LogP contribution is -2.19. The summed E-state index contributed by atoms with van der Waals surface area (Å²) in [5, 5.41) is 8.90. The summed E-state index contributed by atoms with van der Waals surface area (Å²) in [5.74, 6) is 0. The van der Waals surface area contributed by atoms with Crippen molar-refractivity contribution in [2.45, 2.75) is 171 Å². The molecule has 19 aromatic carbocycles. The molecular formula is C140H134N4. The quantitative estimate of drug-likeness (QED) is 0.123. The summed E-state index contributed by atoms with van der Waals surface area (Å²) < 4.78 is 128. The molecule has 0 atom stereocenters. The van der Waals surface area contributed by atoms with Crippen molar-refractivity contribution in [1.29, 1.82) is 0 Å². The van der Waals surface area contributed by atoms with Crippen LogP contribution in [0.15, 0.2) is 443 Å². The average Bonchev–Trinajstić information content (AvgIpc) is 1.49. The molecule has 0 aliphatic rings. The fraction of sp³-hybridized carbons (Fsp3) is 0.186. The maximum Gasteiger partial charge on any atom is 0.0629 e. The molecule has 714 valence electrons. The van der Waals surface area contributed by atoms with E-state index in [1.807, 2.05) is 122 Å². The number of aromatic nitrogens is 4. The summed E-state index contributed by atoms with van der Waals surface area (Å²) in [6.07, 6.45) is 0. The normalized spacial score (nSPS) is 13.4. The molecule has 4 heterocycles. The van der Waals surface area contributed by atoms with Crippen LogP contribution in [0.3, 0.4) is 0 Å². The van der Waals surface area contributed by atoms with Crippen molar-refractivity contribution in [2.75, 3.05) is 0 Å². The lowest BCUT2D eigenvalue weighted by Gasteiger charge is -2.30. The van der Waals surface area contributed by atoms with Gasteiger partial charge in [0.05, 0.1) is 80.4 Å². The zero-order chi connectivity index (χ0) is 112. The summed E-state index contributed by atoms with van der Waals surface area (Å²) in [7, 11) is 0. The Morgan fingerprint density at radius 1 is 0.188 bits per heavy atom. The van der Waals surface area contributed by atoms with Crippen LogP contribution in [-0.2, 0) is 32.5 Å². The molecule has 23 rings (SSSR count). The van der Waals surface area contributed by atoms with Crippen molar-refractivity contribution in [2.24, 2.45) is 0 Å². The highest BCUT2D eigenvalue weighted by Crippen LogP contribution is 2.51. The van der Waals surface area contributed by atoms with Gasteiger partial charge in [-0.1, -0.05) is 532 Å². The van der Waals surface area contributed by atoms with Crippen molar-refractivity contribution in [3.05, 3.63) is 481 Å². The van der Waals surface area contributed by atoms with E-state index in [0.29, 0.717) is 22.2 Å². The van der Waals surface area contributed by atoms with Crippen molar-refractivity contribution < 1.29 is 19.2 Å². The van der Waals surface area contributed by atoms with Gasteiger partial charge in [0.25, 0.3) is 0 Å². The van der Waals surface area contributed by atoms with Crippen molar-refractivity contribution in [1.82, 2.24) is 18.3 Å². The Bertz CT molecular complexity index is 9480. The molecule has 4 nitrogen and oxygen atoms in total. The van der Waals surface area contributed by atoms with Gasteiger partial charge in [0, 0.05) is 71.0 Å². The van der Waals surface area contributed by atoms with Crippen LogP contribution in [0.25, 0.3) is 188 Å². The van der Waals surface area contributed by atoms with Gasteiger partial charge in [0.1, 0.15) is 0 Å². The molecule has 144 heavy (non-hydrogen) atoms. The lowest BCUT2D eigenvalue weighted by atomic mass is 9.76.